The summed E-state index contributed by atoms with van der Waals surface area (Å²) in [5.74, 6) is 0. The molecule has 26 heavy (non-hydrogen) atoms. The molecule has 0 saturated carbocycles. The van der Waals surface area contributed by atoms with Crippen LogP contribution in [0.5, 0.6) is 0 Å². The first kappa shape index (κ1) is 21.3. The summed E-state index contributed by atoms with van der Waals surface area (Å²) in [6, 6.07) is 0. The van der Waals surface area contributed by atoms with E-state index in [0.717, 1.165) is 5.01 Å². The number of hydrogen-bond acceptors (Lipinski definition) is 6. The number of ether oxygens (including phenoxy) is 3. The van der Waals surface area contributed by atoms with Gasteiger partial charge in [0.25, 0.3) is 0 Å². The van der Waals surface area contributed by atoms with Crippen molar-refractivity contribution >= 4 is 18.3 Å². The van der Waals surface area contributed by atoms with Crippen molar-refractivity contribution in [2.24, 2.45) is 0 Å². The highest BCUT2D eigenvalue weighted by atomic mass is 16.6. The van der Waals surface area contributed by atoms with Gasteiger partial charge in [-0.2, -0.15) is 5.01 Å². The summed E-state index contributed by atoms with van der Waals surface area (Å²) in [6.45, 7) is 11.0. The molecule has 1 heterocycles. The number of amides is 3. The Hall–Kier alpha value is -2.71. The SMILES string of the molecule is C=CCC/C(=C\N1CCOC1=O)N(NC(=O)OC(C)C)C(=O)OC(C)C. The number of cyclic esters (lactones) is 1. The van der Waals surface area contributed by atoms with Crippen LogP contribution in [-0.2, 0) is 14.2 Å². The maximum Gasteiger partial charge on any atom is 0.433 e. The molecule has 1 aliphatic rings. The third-order valence-corrected chi connectivity index (χ3v) is 3.05. The Labute approximate surface area is 153 Å². The molecule has 9 heteroatoms. The molecular formula is C17H27N3O6. The molecule has 3 amide bonds. The van der Waals surface area contributed by atoms with Crippen molar-refractivity contribution in [2.75, 3.05) is 13.2 Å². The zero-order chi connectivity index (χ0) is 19.7. The molecule has 9 nitrogen and oxygen atoms in total. The van der Waals surface area contributed by atoms with Crippen molar-refractivity contribution < 1.29 is 28.6 Å². The van der Waals surface area contributed by atoms with Gasteiger partial charge in [-0.15, -0.1) is 6.58 Å². The minimum absolute atomic E-state index is 0.253. The summed E-state index contributed by atoms with van der Waals surface area (Å²) in [7, 11) is 0. The zero-order valence-corrected chi connectivity index (χ0v) is 15.7. The smallest absolute Gasteiger partial charge is 0.433 e. The van der Waals surface area contributed by atoms with Crippen LogP contribution in [0.4, 0.5) is 14.4 Å². The molecular weight excluding hydrogens is 342 g/mol. The number of rotatable bonds is 7. The summed E-state index contributed by atoms with van der Waals surface area (Å²) in [4.78, 5) is 37.5. The van der Waals surface area contributed by atoms with E-state index in [1.807, 2.05) is 0 Å². The summed E-state index contributed by atoms with van der Waals surface area (Å²) >= 11 is 0. The molecule has 146 valence electrons. The van der Waals surface area contributed by atoms with E-state index in [0.29, 0.717) is 25.1 Å². The summed E-state index contributed by atoms with van der Waals surface area (Å²) in [5, 5.41) is 0.944. The Balaban J connectivity index is 3.10. The predicted molar refractivity (Wildman–Crippen MR) is 93.8 cm³/mol. The van der Waals surface area contributed by atoms with E-state index in [-0.39, 0.29) is 12.7 Å². The lowest BCUT2D eigenvalue weighted by molar-refractivity contribution is 0.0567. The van der Waals surface area contributed by atoms with Gasteiger partial charge in [-0.05, 0) is 40.5 Å². The van der Waals surface area contributed by atoms with Crippen molar-refractivity contribution in [3.8, 4) is 0 Å². The normalized spacial score (nSPS) is 14.3. The predicted octanol–water partition coefficient (Wildman–Crippen LogP) is 3.14. The lowest BCUT2D eigenvalue weighted by Crippen LogP contribution is -2.47. The van der Waals surface area contributed by atoms with Crippen LogP contribution in [0, 0.1) is 0 Å². The molecule has 0 unspecified atom stereocenters. The Kier molecular flexibility index (Phi) is 8.47. The van der Waals surface area contributed by atoms with Crippen LogP contribution in [0.1, 0.15) is 40.5 Å². The van der Waals surface area contributed by atoms with E-state index >= 15 is 0 Å². The van der Waals surface area contributed by atoms with E-state index in [1.54, 1.807) is 33.8 Å². The average Bonchev–Trinajstić information content (AvgIpc) is 2.92. The molecule has 1 fully saturated rings. The van der Waals surface area contributed by atoms with Gasteiger partial charge < -0.3 is 14.2 Å². The van der Waals surface area contributed by atoms with Crippen molar-refractivity contribution in [1.82, 2.24) is 15.3 Å². The van der Waals surface area contributed by atoms with Crippen LogP contribution in [0.25, 0.3) is 0 Å². The first-order valence-electron chi connectivity index (χ1n) is 8.47. The third-order valence-electron chi connectivity index (χ3n) is 3.05. The molecule has 0 aliphatic carbocycles. The summed E-state index contributed by atoms with van der Waals surface area (Å²) in [6.07, 6.45) is 1.08. The van der Waals surface area contributed by atoms with Gasteiger partial charge in [-0.3, -0.25) is 4.90 Å². The van der Waals surface area contributed by atoms with Crippen molar-refractivity contribution in [3.63, 3.8) is 0 Å². The van der Waals surface area contributed by atoms with Gasteiger partial charge >= 0.3 is 18.3 Å². The highest BCUT2D eigenvalue weighted by Crippen LogP contribution is 2.16. The number of allylic oxidation sites excluding steroid dienone is 2. The fourth-order valence-electron chi connectivity index (χ4n) is 2.01. The maximum atomic E-state index is 12.5. The van der Waals surface area contributed by atoms with E-state index < -0.39 is 24.4 Å². The lowest BCUT2D eigenvalue weighted by Gasteiger charge is -2.27. The van der Waals surface area contributed by atoms with Gasteiger partial charge in [0.2, 0.25) is 0 Å². The molecule has 1 aliphatic heterocycles. The van der Waals surface area contributed by atoms with Crippen molar-refractivity contribution in [3.05, 3.63) is 24.6 Å². The molecule has 1 saturated heterocycles. The van der Waals surface area contributed by atoms with Gasteiger partial charge in [-0.25, -0.2) is 19.8 Å². The molecule has 0 aromatic rings. The van der Waals surface area contributed by atoms with Gasteiger partial charge in [0.15, 0.2) is 0 Å². The standard InChI is InChI=1S/C17H27N3O6/c1-6-7-8-14(11-19-9-10-24-16(19)22)20(17(23)26-13(4)5)18-15(21)25-12(2)3/h6,11-13H,1,7-10H2,2-5H3,(H,18,21)/b14-11+. The molecule has 0 bridgehead atoms. The molecule has 1 N–H and O–H groups in total. The molecule has 0 aromatic heterocycles. The fourth-order valence-corrected chi connectivity index (χ4v) is 2.01. The van der Waals surface area contributed by atoms with Gasteiger partial charge in [-0.1, -0.05) is 6.08 Å². The first-order chi connectivity index (χ1) is 12.2. The van der Waals surface area contributed by atoms with Gasteiger partial charge in [0.05, 0.1) is 24.4 Å². The Morgan fingerprint density at radius 1 is 1.31 bits per heavy atom. The van der Waals surface area contributed by atoms with Crippen LogP contribution in [0.15, 0.2) is 24.6 Å². The molecule has 0 atom stereocenters. The largest absolute Gasteiger partial charge is 0.447 e. The quantitative estimate of drug-likeness (QED) is 0.421. The average molecular weight is 369 g/mol. The van der Waals surface area contributed by atoms with Crippen LogP contribution in [0.3, 0.4) is 0 Å². The Morgan fingerprint density at radius 2 is 1.96 bits per heavy atom. The first-order valence-corrected chi connectivity index (χ1v) is 8.47. The topological polar surface area (TPSA) is 97.4 Å². The number of nitrogens with one attached hydrogen (secondary N) is 1. The molecule has 0 spiro atoms. The van der Waals surface area contributed by atoms with Crippen LogP contribution < -0.4 is 5.43 Å². The molecule has 0 radical (unpaired) electrons. The van der Waals surface area contributed by atoms with E-state index in [9.17, 15) is 14.4 Å². The van der Waals surface area contributed by atoms with E-state index in [2.05, 4.69) is 12.0 Å². The molecule has 0 aromatic carbocycles. The number of hydrazine groups is 1. The second kappa shape index (κ2) is 10.3. The van der Waals surface area contributed by atoms with Crippen LogP contribution in [0.2, 0.25) is 0 Å². The fraction of sp³-hybridized carbons (Fsp3) is 0.588. The van der Waals surface area contributed by atoms with Crippen LogP contribution in [-0.4, -0.2) is 53.5 Å². The monoisotopic (exact) mass is 369 g/mol. The maximum absolute atomic E-state index is 12.5. The third kappa shape index (κ3) is 7.04. The highest BCUT2D eigenvalue weighted by molar-refractivity contribution is 5.76. The van der Waals surface area contributed by atoms with Crippen molar-refractivity contribution in [2.45, 2.75) is 52.7 Å². The minimum Gasteiger partial charge on any atom is -0.447 e. The van der Waals surface area contributed by atoms with E-state index in [4.69, 9.17) is 14.2 Å². The Bertz CT molecular complexity index is 559. The van der Waals surface area contributed by atoms with Crippen molar-refractivity contribution in [1.29, 1.82) is 0 Å². The molecule has 1 rings (SSSR count). The zero-order valence-electron chi connectivity index (χ0n) is 15.7. The minimum atomic E-state index is -0.811. The van der Waals surface area contributed by atoms with Gasteiger partial charge in [0, 0.05) is 6.20 Å². The number of hydrogen-bond donors (Lipinski definition) is 1. The number of carbonyl (C=O) groups is 3. The number of carbonyl (C=O) groups excluding carboxylic acids is 3. The Morgan fingerprint density at radius 3 is 2.46 bits per heavy atom. The summed E-state index contributed by atoms with van der Waals surface area (Å²) < 4.78 is 15.1. The second-order valence-electron chi connectivity index (χ2n) is 6.09. The van der Waals surface area contributed by atoms with E-state index in [1.165, 1.54) is 11.1 Å². The second-order valence-corrected chi connectivity index (χ2v) is 6.09. The number of nitrogens with zero attached hydrogens (tertiary/aromatic N) is 2. The van der Waals surface area contributed by atoms with Gasteiger partial charge in [0.1, 0.15) is 6.61 Å². The highest BCUT2D eigenvalue weighted by Gasteiger charge is 2.27. The summed E-state index contributed by atoms with van der Waals surface area (Å²) in [5.41, 5.74) is 2.71. The van der Waals surface area contributed by atoms with Crippen LogP contribution >= 0.6 is 0 Å². The lowest BCUT2D eigenvalue weighted by atomic mass is 10.2.